The fourth-order valence-corrected chi connectivity index (χ4v) is 2.75. The number of hydrogen-bond acceptors (Lipinski definition) is 6. The number of nitrogens with one attached hydrogen (secondary N) is 1. The van der Waals surface area contributed by atoms with E-state index in [2.05, 4.69) is 5.32 Å². The van der Waals surface area contributed by atoms with Gasteiger partial charge in [0, 0.05) is 11.8 Å². The minimum absolute atomic E-state index is 0.134. The van der Waals surface area contributed by atoms with Gasteiger partial charge >= 0.3 is 5.97 Å². The molecule has 3 aromatic rings. The Hall–Kier alpha value is -4.00. The second-order valence-electron chi connectivity index (χ2n) is 6.89. The van der Waals surface area contributed by atoms with Crippen molar-refractivity contribution in [2.24, 2.45) is 0 Å². The molecule has 0 atom stereocenters. The van der Waals surface area contributed by atoms with Crippen LogP contribution in [0.25, 0.3) is 0 Å². The van der Waals surface area contributed by atoms with Gasteiger partial charge in [-0.1, -0.05) is 23.8 Å². The SMILES string of the molecule is COc1cccc(NC(=O)COc2ccc(C(=O)OCCOc3ccc(C)cc3)cc2)c1. The van der Waals surface area contributed by atoms with E-state index in [4.69, 9.17) is 18.9 Å². The van der Waals surface area contributed by atoms with Crippen molar-refractivity contribution in [2.45, 2.75) is 6.92 Å². The van der Waals surface area contributed by atoms with E-state index in [1.807, 2.05) is 31.2 Å². The number of rotatable bonds is 10. The van der Waals surface area contributed by atoms with Gasteiger partial charge in [0.15, 0.2) is 6.61 Å². The summed E-state index contributed by atoms with van der Waals surface area (Å²) in [7, 11) is 1.56. The maximum Gasteiger partial charge on any atom is 0.338 e. The van der Waals surface area contributed by atoms with Crippen LogP contribution in [-0.4, -0.2) is 38.8 Å². The average molecular weight is 435 g/mol. The molecule has 166 valence electrons. The van der Waals surface area contributed by atoms with Crippen molar-refractivity contribution in [3.05, 3.63) is 83.9 Å². The van der Waals surface area contributed by atoms with E-state index in [-0.39, 0.29) is 25.7 Å². The number of aryl methyl sites for hydroxylation is 1. The molecule has 0 bridgehead atoms. The fourth-order valence-electron chi connectivity index (χ4n) is 2.75. The first-order valence-corrected chi connectivity index (χ1v) is 10.1. The first-order valence-electron chi connectivity index (χ1n) is 10.1. The van der Waals surface area contributed by atoms with Gasteiger partial charge in [-0.15, -0.1) is 0 Å². The highest BCUT2D eigenvalue weighted by molar-refractivity contribution is 5.92. The normalized spacial score (nSPS) is 10.2. The van der Waals surface area contributed by atoms with Crippen LogP contribution in [0.5, 0.6) is 17.2 Å². The quantitative estimate of drug-likeness (QED) is 0.379. The number of methoxy groups -OCH3 is 1. The lowest BCUT2D eigenvalue weighted by Crippen LogP contribution is -2.20. The van der Waals surface area contributed by atoms with Gasteiger partial charge in [0.2, 0.25) is 0 Å². The third kappa shape index (κ3) is 7.05. The Bertz CT molecular complexity index is 1030. The van der Waals surface area contributed by atoms with E-state index < -0.39 is 5.97 Å². The minimum Gasteiger partial charge on any atom is -0.497 e. The number of carbonyl (C=O) groups is 2. The number of amides is 1. The van der Waals surface area contributed by atoms with Crippen molar-refractivity contribution in [2.75, 3.05) is 32.2 Å². The first-order chi connectivity index (χ1) is 15.5. The maximum absolute atomic E-state index is 12.1. The summed E-state index contributed by atoms with van der Waals surface area (Å²) in [5.74, 6) is 1.07. The molecule has 3 rings (SSSR count). The second-order valence-corrected chi connectivity index (χ2v) is 6.89. The van der Waals surface area contributed by atoms with Crippen molar-refractivity contribution < 1.29 is 28.5 Å². The first kappa shape index (κ1) is 22.7. The Kier molecular flexibility index (Phi) is 8.09. The summed E-state index contributed by atoms with van der Waals surface area (Å²) in [6.45, 7) is 2.23. The summed E-state index contributed by atoms with van der Waals surface area (Å²) < 4.78 is 21.3. The Labute approximate surface area is 186 Å². The minimum atomic E-state index is -0.458. The molecule has 1 N–H and O–H groups in total. The van der Waals surface area contributed by atoms with Gasteiger partial charge in [-0.25, -0.2) is 4.79 Å². The Morgan fingerprint density at radius 1 is 0.812 bits per heavy atom. The van der Waals surface area contributed by atoms with Gasteiger partial charge in [-0.05, 0) is 55.5 Å². The highest BCUT2D eigenvalue weighted by Crippen LogP contribution is 2.17. The van der Waals surface area contributed by atoms with Crippen LogP contribution in [-0.2, 0) is 9.53 Å². The molecule has 0 aliphatic carbocycles. The third-order valence-corrected chi connectivity index (χ3v) is 4.42. The zero-order chi connectivity index (χ0) is 22.8. The average Bonchev–Trinajstić information content (AvgIpc) is 2.82. The molecule has 3 aromatic carbocycles. The highest BCUT2D eigenvalue weighted by Gasteiger charge is 2.09. The fraction of sp³-hybridized carbons (Fsp3) is 0.200. The molecule has 0 aromatic heterocycles. The summed E-state index contributed by atoms with van der Waals surface area (Å²) in [4.78, 5) is 24.2. The number of esters is 1. The summed E-state index contributed by atoms with van der Waals surface area (Å²) >= 11 is 0. The lowest BCUT2D eigenvalue weighted by molar-refractivity contribution is -0.118. The number of benzene rings is 3. The highest BCUT2D eigenvalue weighted by atomic mass is 16.6. The molecule has 0 heterocycles. The smallest absolute Gasteiger partial charge is 0.338 e. The number of ether oxygens (including phenoxy) is 4. The van der Waals surface area contributed by atoms with Crippen LogP contribution in [0.15, 0.2) is 72.8 Å². The van der Waals surface area contributed by atoms with Gasteiger partial charge < -0.3 is 24.3 Å². The molecule has 0 saturated heterocycles. The third-order valence-electron chi connectivity index (χ3n) is 4.42. The summed E-state index contributed by atoms with van der Waals surface area (Å²) in [6.07, 6.45) is 0. The van der Waals surface area contributed by atoms with Crippen molar-refractivity contribution >= 4 is 17.6 Å². The summed E-state index contributed by atoms with van der Waals surface area (Å²) in [6, 6.07) is 21.1. The molecule has 0 spiro atoms. The van der Waals surface area contributed by atoms with E-state index in [1.165, 1.54) is 0 Å². The van der Waals surface area contributed by atoms with E-state index in [9.17, 15) is 9.59 Å². The Morgan fingerprint density at radius 3 is 2.22 bits per heavy atom. The molecule has 0 aliphatic rings. The lowest BCUT2D eigenvalue weighted by atomic mass is 10.2. The maximum atomic E-state index is 12.1. The van der Waals surface area contributed by atoms with E-state index in [0.717, 1.165) is 11.3 Å². The van der Waals surface area contributed by atoms with Crippen LogP contribution in [0.2, 0.25) is 0 Å². The predicted octanol–water partition coefficient (Wildman–Crippen LogP) is 4.26. The molecule has 7 nitrogen and oxygen atoms in total. The van der Waals surface area contributed by atoms with Crippen LogP contribution in [0, 0.1) is 6.92 Å². The lowest BCUT2D eigenvalue weighted by Gasteiger charge is -2.10. The van der Waals surface area contributed by atoms with Gasteiger partial charge in [-0.2, -0.15) is 0 Å². The molecule has 0 radical (unpaired) electrons. The molecule has 0 saturated carbocycles. The number of carbonyl (C=O) groups excluding carboxylic acids is 2. The standard InChI is InChI=1S/C25H25NO6/c1-18-6-10-21(11-7-18)30-14-15-31-25(28)19-8-12-22(13-9-19)32-17-24(27)26-20-4-3-5-23(16-20)29-2/h3-13,16H,14-15,17H2,1-2H3,(H,26,27). The summed E-state index contributed by atoms with van der Waals surface area (Å²) in [5.41, 5.74) is 2.14. The van der Waals surface area contributed by atoms with Crippen LogP contribution >= 0.6 is 0 Å². The van der Waals surface area contributed by atoms with Crippen molar-refractivity contribution in [1.82, 2.24) is 0 Å². The molecular formula is C25H25NO6. The number of hydrogen-bond donors (Lipinski definition) is 1. The summed E-state index contributed by atoms with van der Waals surface area (Å²) in [5, 5.41) is 2.73. The monoisotopic (exact) mass is 435 g/mol. The molecule has 0 aliphatic heterocycles. The zero-order valence-electron chi connectivity index (χ0n) is 18.0. The van der Waals surface area contributed by atoms with Crippen LogP contribution in [0.1, 0.15) is 15.9 Å². The van der Waals surface area contributed by atoms with Crippen LogP contribution in [0.4, 0.5) is 5.69 Å². The number of anilines is 1. The Balaban J connectivity index is 1.39. The van der Waals surface area contributed by atoms with Gasteiger partial charge in [-0.3, -0.25) is 4.79 Å². The van der Waals surface area contributed by atoms with Crippen molar-refractivity contribution in [3.8, 4) is 17.2 Å². The van der Waals surface area contributed by atoms with E-state index in [1.54, 1.807) is 55.6 Å². The molecule has 32 heavy (non-hydrogen) atoms. The van der Waals surface area contributed by atoms with Crippen molar-refractivity contribution in [3.63, 3.8) is 0 Å². The molecular weight excluding hydrogens is 410 g/mol. The molecule has 0 unspecified atom stereocenters. The van der Waals surface area contributed by atoms with Gasteiger partial charge in [0.25, 0.3) is 5.91 Å². The topological polar surface area (TPSA) is 83.1 Å². The zero-order valence-corrected chi connectivity index (χ0v) is 18.0. The van der Waals surface area contributed by atoms with E-state index >= 15 is 0 Å². The molecule has 0 fully saturated rings. The van der Waals surface area contributed by atoms with Gasteiger partial charge in [0.1, 0.15) is 30.5 Å². The largest absolute Gasteiger partial charge is 0.497 e. The van der Waals surface area contributed by atoms with Crippen molar-refractivity contribution in [1.29, 1.82) is 0 Å². The molecule has 1 amide bonds. The van der Waals surface area contributed by atoms with Crippen LogP contribution in [0.3, 0.4) is 0 Å². The Morgan fingerprint density at radius 2 is 1.50 bits per heavy atom. The van der Waals surface area contributed by atoms with E-state index in [0.29, 0.717) is 22.7 Å². The van der Waals surface area contributed by atoms with Crippen LogP contribution < -0.4 is 19.5 Å². The second kappa shape index (κ2) is 11.4. The molecule has 7 heteroatoms. The van der Waals surface area contributed by atoms with Gasteiger partial charge in [0.05, 0.1) is 12.7 Å². The predicted molar refractivity (Wildman–Crippen MR) is 121 cm³/mol.